The second-order valence-corrected chi connectivity index (χ2v) is 7.71. The Morgan fingerprint density at radius 3 is 2.43 bits per heavy atom. The first-order valence-corrected chi connectivity index (χ1v) is 10.1. The Balaban J connectivity index is 1.66. The highest BCUT2D eigenvalue weighted by Crippen LogP contribution is 2.37. The van der Waals surface area contributed by atoms with Gasteiger partial charge in [0, 0.05) is 27.1 Å². The first-order chi connectivity index (χ1) is 13.9. The minimum absolute atomic E-state index is 0.880. The van der Waals surface area contributed by atoms with Crippen LogP contribution in [0.1, 0.15) is 0 Å². The molecule has 0 aliphatic carbocycles. The summed E-state index contributed by atoms with van der Waals surface area (Å²) >= 11 is 1.78. The maximum atomic E-state index is 4.71. The van der Waals surface area contributed by atoms with E-state index in [-0.39, 0.29) is 0 Å². The van der Waals surface area contributed by atoms with Gasteiger partial charge in [0.15, 0.2) is 0 Å². The molecule has 6 aromatic rings. The number of thiophene rings is 1. The zero-order chi connectivity index (χ0) is 18.5. The van der Waals surface area contributed by atoms with E-state index in [1.54, 1.807) is 17.5 Å². The van der Waals surface area contributed by atoms with E-state index < -0.39 is 0 Å². The van der Waals surface area contributed by atoms with Gasteiger partial charge in [-0.2, -0.15) is 0 Å². The summed E-state index contributed by atoms with van der Waals surface area (Å²) in [6, 6.07) is 25.3. The maximum Gasteiger partial charge on any atom is 0.0887 e. The molecule has 28 heavy (non-hydrogen) atoms. The van der Waals surface area contributed by atoms with E-state index in [1.165, 1.54) is 31.9 Å². The van der Waals surface area contributed by atoms with E-state index in [4.69, 9.17) is 4.98 Å². The number of hydrogen-bond acceptors (Lipinski definition) is 3. The predicted octanol–water partition coefficient (Wildman–Crippen LogP) is 6.46. The van der Waals surface area contributed by atoms with Crippen LogP contribution in [0.3, 0.4) is 0 Å². The summed E-state index contributed by atoms with van der Waals surface area (Å²) in [6.07, 6.45) is 3.74. The third-order valence-corrected chi connectivity index (χ3v) is 6.08. The summed E-state index contributed by atoms with van der Waals surface area (Å²) < 4.78 is 3.63. The molecule has 4 aromatic heterocycles. The first kappa shape index (κ1) is 15.5. The Morgan fingerprint density at radius 2 is 1.57 bits per heavy atom. The number of nitrogens with zero attached hydrogens (tertiary/aromatic N) is 3. The Hall–Kier alpha value is -3.50. The number of hydrogen-bond donors (Lipinski definition) is 0. The summed E-state index contributed by atoms with van der Waals surface area (Å²) in [5.74, 6) is 0. The molecule has 0 aliphatic rings. The lowest BCUT2D eigenvalue weighted by Gasteiger charge is -2.09. The highest BCUT2D eigenvalue weighted by atomic mass is 32.1. The fraction of sp³-hybridized carbons (Fsp3) is 0. The van der Waals surface area contributed by atoms with Crippen LogP contribution in [-0.2, 0) is 0 Å². The minimum atomic E-state index is 0.880. The zero-order valence-electron chi connectivity index (χ0n) is 14.9. The van der Waals surface area contributed by atoms with Crippen LogP contribution in [-0.4, -0.2) is 14.5 Å². The van der Waals surface area contributed by atoms with E-state index >= 15 is 0 Å². The van der Waals surface area contributed by atoms with Gasteiger partial charge in [0.1, 0.15) is 0 Å². The smallest absolute Gasteiger partial charge is 0.0887 e. The molecule has 0 unspecified atom stereocenters. The van der Waals surface area contributed by atoms with Crippen LogP contribution in [0.2, 0.25) is 0 Å². The van der Waals surface area contributed by atoms with Crippen molar-refractivity contribution in [3.05, 3.63) is 90.6 Å². The van der Waals surface area contributed by atoms with E-state index in [1.807, 2.05) is 30.5 Å². The molecule has 132 valence electrons. The van der Waals surface area contributed by atoms with Crippen LogP contribution in [0.25, 0.3) is 49.0 Å². The van der Waals surface area contributed by atoms with Crippen molar-refractivity contribution in [2.24, 2.45) is 0 Å². The molecule has 0 atom stereocenters. The minimum Gasteiger partial charge on any atom is -0.307 e. The number of benzene rings is 2. The van der Waals surface area contributed by atoms with Gasteiger partial charge in [-0.1, -0.05) is 30.3 Å². The zero-order valence-corrected chi connectivity index (χ0v) is 15.7. The van der Waals surface area contributed by atoms with Gasteiger partial charge in [-0.3, -0.25) is 9.97 Å². The topological polar surface area (TPSA) is 30.7 Å². The lowest BCUT2D eigenvalue weighted by Crippen LogP contribution is -1.96. The standard InChI is InChI=1S/C24H15N3S/c1-2-7-22-17(5-1)18-9-11-23-19(12-14-28-23)24(18)27(22)16-8-10-21(26-15-16)20-6-3-4-13-25-20/h1-15H. The summed E-state index contributed by atoms with van der Waals surface area (Å²) in [6.45, 7) is 0. The van der Waals surface area contributed by atoms with E-state index in [0.29, 0.717) is 0 Å². The van der Waals surface area contributed by atoms with Crippen molar-refractivity contribution in [2.45, 2.75) is 0 Å². The predicted molar refractivity (Wildman–Crippen MR) is 117 cm³/mol. The molecule has 0 fully saturated rings. The Kier molecular flexibility index (Phi) is 3.34. The van der Waals surface area contributed by atoms with Crippen LogP contribution in [0.5, 0.6) is 0 Å². The van der Waals surface area contributed by atoms with Crippen molar-refractivity contribution >= 4 is 43.2 Å². The fourth-order valence-electron chi connectivity index (χ4n) is 3.96. The lowest BCUT2D eigenvalue weighted by atomic mass is 10.1. The summed E-state index contributed by atoms with van der Waals surface area (Å²) in [5, 5.41) is 5.98. The number of rotatable bonds is 2. The molecular formula is C24H15N3S. The number of para-hydroxylation sites is 1. The number of pyridine rings is 2. The summed E-state index contributed by atoms with van der Waals surface area (Å²) in [5.41, 5.74) is 5.27. The molecule has 3 nitrogen and oxygen atoms in total. The first-order valence-electron chi connectivity index (χ1n) is 9.17. The molecule has 0 saturated carbocycles. The third-order valence-electron chi connectivity index (χ3n) is 5.20. The molecule has 0 radical (unpaired) electrons. The molecule has 6 rings (SSSR count). The largest absolute Gasteiger partial charge is 0.307 e. The average Bonchev–Trinajstić information content (AvgIpc) is 3.37. The lowest BCUT2D eigenvalue weighted by molar-refractivity contribution is 1.14. The average molecular weight is 377 g/mol. The fourth-order valence-corrected chi connectivity index (χ4v) is 4.75. The van der Waals surface area contributed by atoms with Crippen molar-refractivity contribution in [2.75, 3.05) is 0 Å². The second kappa shape index (κ2) is 6.01. The van der Waals surface area contributed by atoms with Gasteiger partial charge in [-0.05, 0) is 47.8 Å². The van der Waals surface area contributed by atoms with Crippen molar-refractivity contribution in [1.82, 2.24) is 14.5 Å². The van der Waals surface area contributed by atoms with Gasteiger partial charge < -0.3 is 4.57 Å². The summed E-state index contributed by atoms with van der Waals surface area (Å²) in [4.78, 5) is 9.11. The molecule has 0 aliphatic heterocycles. The van der Waals surface area contributed by atoms with Crippen molar-refractivity contribution in [1.29, 1.82) is 0 Å². The van der Waals surface area contributed by atoms with Crippen molar-refractivity contribution < 1.29 is 0 Å². The van der Waals surface area contributed by atoms with Gasteiger partial charge in [-0.25, -0.2) is 0 Å². The molecule has 0 spiro atoms. The van der Waals surface area contributed by atoms with E-state index in [2.05, 4.69) is 63.5 Å². The van der Waals surface area contributed by atoms with Gasteiger partial charge >= 0.3 is 0 Å². The Bertz CT molecular complexity index is 1440. The SMILES string of the molecule is c1ccc(-c2ccc(-n3c4ccccc4c4ccc5sccc5c43)cn2)nc1. The second-order valence-electron chi connectivity index (χ2n) is 6.76. The molecule has 0 N–H and O–H groups in total. The van der Waals surface area contributed by atoms with Crippen molar-refractivity contribution in [3.8, 4) is 17.1 Å². The molecule has 4 heterocycles. The molecule has 0 bridgehead atoms. The van der Waals surface area contributed by atoms with E-state index in [9.17, 15) is 0 Å². The third kappa shape index (κ3) is 2.22. The molecule has 4 heteroatoms. The highest BCUT2D eigenvalue weighted by Gasteiger charge is 2.15. The van der Waals surface area contributed by atoms with Gasteiger partial charge in [0.05, 0.1) is 34.3 Å². The molecule has 2 aromatic carbocycles. The molecule has 0 saturated heterocycles. The van der Waals surface area contributed by atoms with Gasteiger partial charge in [-0.15, -0.1) is 11.3 Å². The van der Waals surface area contributed by atoms with Crippen molar-refractivity contribution in [3.63, 3.8) is 0 Å². The van der Waals surface area contributed by atoms with Crippen LogP contribution < -0.4 is 0 Å². The van der Waals surface area contributed by atoms with Gasteiger partial charge in [0.2, 0.25) is 0 Å². The Labute approximate surface area is 165 Å². The van der Waals surface area contributed by atoms with Gasteiger partial charge in [0.25, 0.3) is 0 Å². The summed E-state index contributed by atoms with van der Waals surface area (Å²) in [7, 11) is 0. The number of aromatic nitrogens is 3. The Morgan fingerprint density at radius 1 is 0.679 bits per heavy atom. The monoisotopic (exact) mass is 377 g/mol. The quantitative estimate of drug-likeness (QED) is 0.347. The maximum absolute atomic E-state index is 4.71. The number of fused-ring (bicyclic) bond motifs is 5. The van der Waals surface area contributed by atoms with Crippen LogP contribution in [0, 0.1) is 0 Å². The molecule has 0 amide bonds. The highest BCUT2D eigenvalue weighted by molar-refractivity contribution is 7.17. The van der Waals surface area contributed by atoms with E-state index in [0.717, 1.165) is 17.1 Å². The van der Waals surface area contributed by atoms with Crippen LogP contribution in [0.15, 0.2) is 90.6 Å². The van der Waals surface area contributed by atoms with Crippen LogP contribution in [0.4, 0.5) is 0 Å². The van der Waals surface area contributed by atoms with Crippen LogP contribution >= 0.6 is 11.3 Å². The normalized spacial score (nSPS) is 11.6. The molecular weight excluding hydrogens is 362 g/mol.